The average Bonchev–Trinajstić information content (AvgIpc) is 2.53. The predicted molar refractivity (Wildman–Crippen MR) is 75.0 cm³/mol. The van der Waals surface area contributed by atoms with E-state index in [-0.39, 0.29) is 5.69 Å². The number of anilines is 1. The maximum atomic E-state index is 11.2. The summed E-state index contributed by atoms with van der Waals surface area (Å²) in [6.45, 7) is 1.09. The van der Waals surface area contributed by atoms with Crippen LogP contribution in [0.15, 0.2) is 36.4 Å². The first kappa shape index (κ1) is 14.0. The molecule has 1 aromatic heterocycles. The molecule has 0 radical (unpaired) electrons. The van der Waals surface area contributed by atoms with Gasteiger partial charge in [-0.05, 0) is 23.3 Å². The normalized spacial score (nSPS) is 10.1. The van der Waals surface area contributed by atoms with E-state index in [2.05, 4.69) is 20.3 Å². The van der Waals surface area contributed by atoms with E-state index in [9.17, 15) is 4.79 Å². The van der Waals surface area contributed by atoms with Gasteiger partial charge in [0.25, 0.3) is 0 Å². The Morgan fingerprint density at radius 1 is 1.20 bits per heavy atom. The summed E-state index contributed by atoms with van der Waals surface area (Å²) in [5.41, 5.74) is 8.05. The second kappa shape index (κ2) is 6.63. The SMILES string of the molecule is COC(=O)c1ccc(NCc2ccccc2CN)nn1. The molecule has 0 aliphatic carbocycles. The molecular weight excluding hydrogens is 256 g/mol. The van der Waals surface area contributed by atoms with Crippen molar-refractivity contribution in [1.82, 2.24) is 10.2 Å². The fraction of sp³-hybridized carbons (Fsp3) is 0.214. The lowest BCUT2D eigenvalue weighted by Gasteiger charge is -2.09. The first-order chi connectivity index (χ1) is 9.74. The number of nitrogens with one attached hydrogen (secondary N) is 1. The Morgan fingerprint density at radius 3 is 2.55 bits per heavy atom. The van der Waals surface area contributed by atoms with Crippen LogP contribution in [-0.2, 0) is 17.8 Å². The summed E-state index contributed by atoms with van der Waals surface area (Å²) in [5.74, 6) is 0.0852. The van der Waals surface area contributed by atoms with Crippen LogP contribution in [0.1, 0.15) is 21.6 Å². The van der Waals surface area contributed by atoms with Gasteiger partial charge in [-0.3, -0.25) is 0 Å². The number of hydrogen-bond acceptors (Lipinski definition) is 6. The number of methoxy groups -OCH3 is 1. The zero-order chi connectivity index (χ0) is 14.4. The van der Waals surface area contributed by atoms with Crippen LogP contribution < -0.4 is 11.1 Å². The highest BCUT2D eigenvalue weighted by Crippen LogP contribution is 2.10. The lowest BCUT2D eigenvalue weighted by atomic mass is 10.1. The van der Waals surface area contributed by atoms with Crippen molar-refractivity contribution in [2.75, 3.05) is 12.4 Å². The van der Waals surface area contributed by atoms with E-state index in [1.54, 1.807) is 12.1 Å². The Balaban J connectivity index is 2.02. The number of carbonyl (C=O) groups excluding carboxylic acids is 1. The molecule has 0 saturated carbocycles. The third-order valence-electron chi connectivity index (χ3n) is 2.86. The molecule has 0 aliphatic rings. The Morgan fingerprint density at radius 2 is 1.95 bits per heavy atom. The Bertz CT molecular complexity index is 584. The summed E-state index contributed by atoms with van der Waals surface area (Å²) in [4.78, 5) is 11.2. The van der Waals surface area contributed by atoms with E-state index in [1.165, 1.54) is 7.11 Å². The summed E-state index contributed by atoms with van der Waals surface area (Å²) in [6.07, 6.45) is 0. The van der Waals surface area contributed by atoms with Crippen molar-refractivity contribution in [3.05, 3.63) is 53.2 Å². The molecule has 6 heteroatoms. The standard InChI is InChI=1S/C14H16N4O2/c1-20-14(19)12-6-7-13(18-17-12)16-9-11-5-3-2-4-10(11)8-15/h2-7H,8-9,15H2,1H3,(H,16,18). The minimum absolute atomic E-state index is 0.181. The first-order valence-corrected chi connectivity index (χ1v) is 6.17. The van der Waals surface area contributed by atoms with Crippen molar-refractivity contribution in [2.45, 2.75) is 13.1 Å². The molecule has 1 aromatic carbocycles. The fourth-order valence-corrected chi connectivity index (χ4v) is 1.75. The first-order valence-electron chi connectivity index (χ1n) is 6.17. The second-order valence-electron chi connectivity index (χ2n) is 4.12. The average molecular weight is 272 g/mol. The molecule has 0 atom stereocenters. The zero-order valence-corrected chi connectivity index (χ0v) is 11.2. The van der Waals surface area contributed by atoms with Gasteiger partial charge in [0.1, 0.15) is 5.82 Å². The number of rotatable bonds is 5. The Labute approximate surface area is 117 Å². The number of nitrogens with zero attached hydrogens (tertiary/aromatic N) is 2. The third kappa shape index (κ3) is 3.30. The molecule has 0 saturated heterocycles. The van der Waals surface area contributed by atoms with Crippen molar-refractivity contribution >= 4 is 11.8 Å². The van der Waals surface area contributed by atoms with Gasteiger partial charge in [0.2, 0.25) is 0 Å². The maximum absolute atomic E-state index is 11.2. The number of nitrogens with two attached hydrogens (primary N) is 1. The molecule has 2 aromatic rings. The smallest absolute Gasteiger partial charge is 0.358 e. The number of carbonyl (C=O) groups is 1. The summed E-state index contributed by atoms with van der Waals surface area (Å²) in [7, 11) is 1.31. The van der Waals surface area contributed by atoms with Gasteiger partial charge in [0.05, 0.1) is 7.11 Å². The highest BCUT2D eigenvalue weighted by atomic mass is 16.5. The molecule has 3 N–H and O–H groups in total. The molecule has 2 rings (SSSR count). The van der Waals surface area contributed by atoms with Gasteiger partial charge in [-0.15, -0.1) is 10.2 Å². The van der Waals surface area contributed by atoms with Crippen LogP contribution in [0.5, 0.6) is 0 Å². The largest absolute Gasteiger partial charge is 0.464 e. The van der Waals surface area contributed by atoms with Gasteiger partial charge in [-0.1, -0.05) is 24.3 Å². The van der Waals surface area contributed by atoms with Gasteiger partial charge >= 0.3 is 5.97 Å². The van der Waals surface area contributed by atoms with E-state index in [4.69, 9.17) is 5.73 Å². The van der Waals surface area contributed by atoms with Crippen LogP contribution >= 0.6 is 0 Å². The third-order valence-corrected chi connectivity index (χ3v) is 2.86. The van der Waals surface area contributed by atoms with Gasteiger partial charge < -0.3 is 15.8 Å². The van der Waals surface area contributed by atoms with Crippen LogP contribution in [0, 0.1) is 0 Å². The lowest BCUT2D eigenvalue weighted by molar-refractivity contribution is 0.0593. The summed E-state index contributed by atoms with van der Waals surface area (Å²) in [6, 6.07) is 11.2. The van der Waals surface area contributed by atoms with E-state index < -0.39 is 5.97 Å². The van der Waals surface area contributed by atoms with Crippen LogP contribution in [0.25, 0.3) is 0 Å². The molecule has 20 heavy (non-hydrogen) atoms. The van der Waals surface area contributed by atoms with Gasteiger partial charge in [-0.2, -0.15) is 0 Å². The molecule has 104 valence electrons. The minimum Gasteiger partial charge on any atom is -0.464 e. The molecule has 1 heterocycles. The van der Waals surface area contributed by atoms with E-state index in [0.717, 1.165) is 11.1 Å². The van der Waals surface area contributed by atoms with Gasteiger partial charge in [0, 0.05) is 13.1 Å². The summed E-state index contributed by atoms with van der Waals surface area (Å²) < 4.78 is 4.56. The van der Waals surface area contributed by atoms with Crippen LogP contribution in [0.2, 0.25) is 0 Å². The minimum atomic E-state index is -0.502. The van der Waals surface area contributed by atoms with E-state index >= 15 is 0 Å². The molecule has 6 nitrogen and oxygen atoms in total. The molecule has 0 unspecified atom stereocenters. The zero-order valence-electron chi connectivity index (χ0n) is 11.2. The highest BCUT2D eigenvalue weighted by molar-refractivity contribution is 5.86. The van der Waals surface area contributed by atoms with E-state index in [1.807, 2.05) is 24.3 Å². The van der Waals surface area contributed by atoms with Crippen LogP contribution in [0.3, 0.4) is 0 Å². The van der Waals surface area contributed by atoms with E-state index in [0.29, 0.717) is 18.9 Å². The number of hydrogen-bond donors (Lipinski definition) is 2. The number of aromatic nitrogens is 2. The maximum Gasteiger partial charge on any atom is 0.358 e. The van der Waals surface area contributed by atoms with Gasteiger partial charge in [-0.25, -0.2) is 4.79 Å². The molecule has 0 amide bonds. The molecular formula is C14H16N4O2. The molecule has 0 spiro atoms. The van der Waals surface area contributed by atoms with Crippen molar-refractivity contribution in [2.24, 2.45) is 5.73 Å². The number of esters is 1. The number of ether oxygens (including phenoxy) is 1. The van der Waals surface area contributed by atoms with Crippen molar-refractivity contribution < 1.29 is 9.53 Å². The molecule has 0 fully saturated rings. The Kier molecular flexibility index (Phi) is 4.62. The molecule has 0 bridgehead atoms. The van der Waals surface area contributed by atoms with Crippen LogP contribution in [0.4, 0.5) is 5.82 Å². The predicted octanol–water partition coefficient (Wildman–Crippen LogP) is 1.33. The monoisotopic (exact) mass is 272 g/mol. The second-order valence-corrected chi connectivity index (χ2v) is 4.12. The summed E-state index contributed by atoms with van der Waals surface area (Å²) >= 11 is 0. The summed E-state index contributed by atoms with van der Waals surface area (Å²) in [5, 5.41) is 10.9. The number of benzene rings is 1. The van der Waals surface area contributed by atoms with Crippen molar-refractivity contribution in [3.63, 3.8) is 0 Å². The Hall–Kier alpha value is -2.47. The lowest BCUT2D eigenvalue weighted by Crippen LogP contribution is -2.09. The van der Waals surface area contributed by atoms with Crippen LogP contribution in [-0.4, -0.2) is 23.3 Å². The van der Waals surface area contributed by atoms with Crippen molar-refractivity contribution in [3.8, 4) is 0 Å². The van der Waals surface area contributed by atoms with Gasteiger partial charge in [0.15, 0.2) is 5.69 Å². The fourth-order valence-electron chi connectivity index (χ4n) is 1.75. The highest BCUT2D eigenvalue weighted by Gasteiger charge is 2.07. The molecule has 0 aliphatic heterocycles. The van der Waals surface area contributed by atoms with Crippen molar-refractivity contribution in [1.29, 1.82) is 0 Å². The topological polar surface area (TPSA) is 90.1 Å². The quantitative estimate of drug-likeness (QED) is 0.798.